The average Bonchev–Trinajstić information content (AvgIpc) is 3.04. The molecule has 0 fully saturated rings. The second-order valence-electron chi connectivity index (χ2n) is 3.08. The van der Waals surface area contributed by atoms with Crippen molar-refractivity contribution in [3.8, 4) is 0 Å². The third-order valence-corrected chi connectivity index (χ3v) is 4.40. The summed E-state index contributed by atoms with van der Waals surface area (Å²) in [7, 11) is 0. The number of aromatic amines is 1. The predicted octanol–water partition coefficient (Wildman–Crippen LogP) is -1.15. The largest absolute Gasteiger partial charge is 0.265 e. The Bertz CT molecular complexity index is 576. The van der Waals surface area contributed by atoms with E-state index < -0.39 is 16.3 Å². The van der Waals surface area contributed by atoms with Crippen LogP contribution in [-0.2, 0) is 16.3 Å². The zero-order valence-corrected chi connectivity index (χ0v) is 12.0. The van der Waals surface area contributed by atoms with Gasteiger partial charge < -0.3 is 5.48 Å². The van der Waals surface area contributed by atoms with Crippen molar-refractivity contribution in [1.29, 1.82) is 0 Å². The molecule has 0 unspecified atom stereocenters. The molecule has 20 heavy (non-hydrogen) atoms. The Hall–Kier alpha value is -2.14. The van der Waals surface area contributed by atoms with Crippen molar-refractivity contribution >= 4 is 13.5 Å². The van der Waals surface area contributed by atoms with Gasteiger partial charge in [0.15, 0.2) is 0 Å². The summed E-state index contributed by atoms with van der Waals surface area (Å²) in [5.41, 5.74) is 0. The average molecular weight is 365 g/mol. The van der Waals surface area contributed by atoms with Gasteiger partial charge in [-0.15, -0.1) is 0 Å². The van der Waals surface area contributed by atoms with Gasteiger partial charge in [0.2, 0.25) is 0 Å². The van der Waals surface area contributed by atoms with E-state index in [4.69, 9.17) is 0 Å². The van der Waals surface area contributed by atoms with Crippen molar-refractivity contribution in [1.82, 2.24) is 30.4 Å². The molecule has 3 heterocycles. The predicted molar refractivity (Wildman–Crippen MR) is 72.7 cm³/mol. The first-order valence-electron chi connectivity index (χ1n) is 5.24. The molecule has 0 aliphatic carbocycles. The van der Waals surface area contributed by atoms with Crippen LogP contribution in [0.2, 0.25) is 0 Å². The molecule has 7 nitrogen and oxygen atoms in total. The molecule has 0 aliphatic rings. The summed E-state index contributed by atoms with van der Waals surface area (Å²) in [5.74, 6) is 0. The number of pyridine rings is 1. The van der Waals surface area contributed by atoms with Crippen molar-refractivity contribution in [2.24, 2.45) is 0 Å². The standard InChI is InChI=1S/C5H5N.C4H3N2.C2H2N3.CH2.H2O.Pd/c1-2-4-6-5-3-1;1-2-5-4-6-3-1;1-2-4-5-3-1;;;/h1-5H;1-3H;1H,(H,3,4,5);2*1H2;. The van der Waals surface area contributed by atoms with Gasteiger partial charge in [-0.1, -0.05) is 6.07 Å². The minimum absolute atomic E-state index is 0. The quantitative estimate of drug-likeness (QED) is 0.577. The molecular formula is C12H14N6OPd. The van der Waals surface area contributed by atoms with Crippen LogP contribution in [0, 0.1) is 0 Å². The SMILES string of the molecule is O.[CH2]=[Pd]([c]1c[nH]nn1)[c]1ncccn1.c1ccncc1. The molecule has 0 saturated carbocycles. The molecule has 0 amide bonds. The van der Waals surface area contributed by atoms with E-state index in [1.54, 1.807) is 37.1 Å². The van der Waals surface area contributed by atoms with E-state index in [0.717, 1.165) is 8.46 Å². The van der Waals surface area contributed by atoms with E-state index in [1.807, 2.05) is 18.2 Å². The first-order valence-corrected chi connectivity index (χ1v) is 7.90. The Kier molecular flexibility index (Phi) is 7.07. The molecule has 0 atom stereocenters. The fourth-order valence-corrected chi connectivity index (χ4v) is 2.74. The van der Waals surface area contributed by atoms with Gasteiger partial charge in [-0.3, -0.25) is 4.98 Å². The van der Waals surface area contributed by atoms with E-state index in [-0.39, 0.29) is 5.48 Å². The minimum atomic E-state index is -1.33. The number of hydrogen-bond donors (Lipinski definition) is 1. The third-order valence-electron chi connectivity index (χ3n) is 1.82. The van der Waals surface area contributed by atoms with Crippen LogP contribution in [0.5, 0.6) is 0 Å². The number of aromatic nitrogens is 6. The molecule has 3 N–H and O–H groups in total. The van der Waals surface area contributed by atoms with E-state index in [2.05, 4.69) is 35.4 Å². The van der Waals surface area contributed by atoms with Crippen LogP contribution in [-0.4, -0.2) is 40.8 Å². The van der Waals surface area contributed by atoms with Gasteiger partial charge in [0.05, 0.1) is 0 Å². The van der Waals surface area contributed by atoms with Crippen molar-refractivity contribution < 1.29 is 21.8 Å². The van der Waals surface area contributed by atoms with E-state index in [1.165, 1.54) is 0 Å². The van der Waals surface area contributed by atoms with Gasteiger partial charge in [-0.2, -0.15) is 0 Å². The van der Waals surface area contributed by atoms with Crippen LogP contribution in [0.3, 0.4) is 0 Å². The monoisotopic (exact) mass is 364 g/mol. The van der Waals surface area contributed by atoms with Gasteiger partial charge in [0.1, 0.15) is 0 Å². The summed E-state index contributed by atoms with van der Waals surface area (Å²) < 4.78 is 1.62. The van der Waals surface area contributed by atoms with Crippen LogP contribution in [0.4, 0.5) is 0 Å². The number of H-pyrrole nitrogens is 1. The maximum Gasteiger partial charge on any atom is 0.0267 e. The van der Waals surface area contributed by atoms with Crippen LogP contribution >= 0.6 is 0 Å². The fourth-order valence-electron chi connectivity index (χ4n) is 1.03. The molecule has 0 aromatic carbocycles. The molecular weight excluding hydrogens is 351 g/mol. The molecule has 3 aromatic rings. The third kappa shape index (κ3) is 4.86. The molecule has 0 saturated heterocycles. The van der Waals surface area contributed by atoms with Gasteiger partial charge in [-0.05, 0) is 12.1 Å². The summed E-state index contributed by atoms with van der Waals surface area (Å²) >= 11 is -1.33. The molecule has 3 aromatic heterocycles. The molecule has 8 heteroatoms. The van der Waals surface area contributed by atoms with Crippen LogP contribution < -0.4 is 8.46 Å². The minimum Gasteiger partial charge on any atom is -0.265 e. The second kappa shape index (κ2) is 8.88. The number of nitrogens with one attached hydrogen (secondary N) is 1. The Morgan fingerprint density at radius 1 is 0.950 bits per heavy atom. The maximum absolute atomic E-state index is 4.13. The Morgan fingerprint density at radius 3 is 2.10 bits per heavy atom. The van der Waals surface area contributed by atoms with Crippen LogP contribution in [0.15, 0.2) is 55.2 Å². The van der Waals surface area contributed by atoms with Crippen LogP contribution in [0.1, 0.15) is 0 Å². The van der Waals surface area contributed by atoms with Crippen molar-refractivity contribution in [2.45, 2.75) is 0 Å². The van der Waals surface area contributed by atoms with E-state index >= 15 is 0 Å². The van der Waals surface area contributed by atoms with Gasteiger partial charge >= 0.3 is 79.8 Å². The Morgan fingerprint density at radius 2 is 1.65 bits per heavy atom. The number of hydrogen-bond acceptors (Lipinski definition) is 5. The van der Waals surface area contributed by atoms with Gasteiger partial charge in [0.25, 0.3) is 0 Å². The topological polar surface area (TPSA) is 112 Å². The molecule has 0 radical (unpaired) electrons. The smallest absolute Gasteiger partial charge is 0.0267 e. The van der Waals surface area contributed by atoms with E-state index in [0.29, 0.717) is 0 Å². The van der Waals surface area contributed by atoms with Crippen molar-refractivity contribution in [2.75, 3.05) is 0 Å². The summed E-state index contributed by atoms with van der Waals surface area (Å²) in [6.07, 6.45) is 8.66. The summed E-state index contributed by atoms with van der Waals surface area (Å²) in [6, 6.07) is 7.50. The summed E-state index contributed by atoms with van der Waals surface area (Å²) in [4.78, 5) is 16.1. The van der Waals surface area contributed by atoms with Crippen LogP contribution in [0.25, 0.3) is 0 Å². The fraction of sp³-hybridized carbons (Fsp3) is 0. The van der Waals surface area contributed by atoms with Crippen molar-refractivity contribution in [3.05, 3.63) is 55.2 Å². The first-order chi connectivity index (χ1) is 9.38. The molecule has 0 spiro atoms. The molecule has 0 bridgehead atoms. The zero-order valence-electron chi connectivity index (χ0n) is 10.5. The second-order valence-corrected chi connectivity index (χ2v) is 6.06. The maximum atomic E-state index is 4.13. The van der Waals surface area contributed by atoms with Crippen molar-refractivity contribution in [3.63, 3.8) is 0 Å². The zero-order chi connectivity index (χ0) is 13.3. The van der Waals surface area contributed by atoms with E-state index in [9.17, 15) is 0 Å². The number of rotatable bonds is 2. The first kappa shape index (κ1) is 15.9. The molecule has 108 valence electrons. The summed E-state index contributed by atoms with van der Waals surface area (Å²) in [6.45, 7) is 0. The molecule has 3 rings (SSSR count). The van der Waals surface area contributed by atoms with Gasteiger partial charge in [0, 0.05) is 12.4 Å². The number of nitrogens with zero attached hydrogens (tertiary/aromatic N) is 5. The summed E-state index contributed by atoms with van der Waals surface area (Å²) in [5, 5.41) is 10.2. The van der Waals surface area contributed by atoms with Gasteiger partial charge in [-0.25, -0.2) is 0 Å². The Balaban J connectivity index is 0.000000243. The Labute approximate surface area is 121 Å². The molecule has 0 aliphatic heterocycles. The normalized spacial score (nSPS) is 9.70.